The predicted octanol–water partition coefficient (Wildman–Crippen LogP) is 3.07. The van der Waals surface area contributed by atoms with Crippen molar-refractivity contribution in [2.24, 2.45) is 17.8 Å². The summed E-state index contributed by atoms with van der Waals surface area (Å²) in [5.41, 5.74) is 4.15. The van der Waals surface area contributed by atoms with Gasteiger partial charge in [-0.3, -0.25) is 33.3 Å². The number of benzene rings is 1. The number of nitrogens with zero attached hydrogens (tertiary/aromatic N) is 2. The van der Waals surface area contributed by atoms with Crippen LogP contribution < -0.4 is 16.1 Å². The number of hydrazine groups is 1. The minimum absolute atomic E-state index is 0.0278. The summed E-state index contributed by atoms with van der Waals surface area (Å²) in [5, 5.41) is 39.5. The third kappa shape index (κ3) is 15.1. The highest BCUT2D eigenvalue weighted by Gasteiger charge is 2.38. The summed E-state index contributed by atoms with van der Waals surface area (Å²) in [6.45, 7) is 8.32. The molecule has 0 aliphatic carbocycles. The molecule has 1 fully saturated rings. The van der Waals surface area contributed by atoms with Crippen molar-refractivity contribution >= 4 is 47.3 Å². The number of cyclic esters (lactones) is 1. The molecule has 59 heavy (non-hydrogen) atoms. The third-order valence-electron chi connectivity index (χ3n) is 10.4. The fraction of sp³-hybridized carbons (Fsp3) is 0.535. The highest BCUT2D eigenvalue weighted by atomic mass is 32.2. The molecule has 1 unspecified atom stereocenters. The van der Waals surface area contributed by atoms with Crippen LogP contribution >= 0.6 is 11.9 Å². The van der Waals surface area contributed by atoms with Gasteiger partial charge in [-0.2, -0.15) is 0 Å². The largest absolute Gasteiger partial charge is 0.508 e. The number of allylic oxidation sites excluding steroid dienone is 4. The molecule has 0 aromatic heterocycles. The number of Topliss-reactive ketones (excluding diaryl/α,β-unsaturated/α-hetero) is 1. The first kappa shape index (κ1) is 48.6. The van der Waals surface area contributed by atoms with Crippen LogP contribution in [0, 0.1) is 17.8 Å². The first-order valence-corrected chi connectivity index (χ1v) is 21.1. The van der Waals surface area contributed by atoms with Crippen LogP contribution in [-0.4, -0.2) is 116 Å². The quantitative estimate of drug-likeness (QED) is 0.0869. The molecular formula is C43H61N5O10S. The number of amides is 4. The van der Waals surface area contributed by atoms with E-state index in [1.165, 1.54) is 52.5 Å². The van der Waals surface area contributed by atoms with Gasteiger partial charge in [0.2, 0.25) is 11.8 Å². The Morgan fingerprint density at radius 2 is 1.81 bits per heavy atom. The molecule has 0 spiro atoms. The smallest absolute Gasteiger partial charge is 0.325 e. The summed E-state index contributed by atoms with van der Waals surface area (Å²) in [6.07, 6.45) is 10.3. The number of rotatable bonds is 10. The molecule has 8 atom stereocenters. The van der Waals surface area contributed by atoms with Gasteiger partial charge in [0.1, 0.15) is 35.8 Å². The van der Waals surface area contributed by atoms with Crippen LogP contribution in [0.1, 0.15) is 72.3 Å². The van der Waals surface area contributed by atoms with Crippen molar-refractivity contribution in [3.8, 4) is 5.75 Å². The van der Waals surface area contributed by atoms with E-state index >= 15 is 0 Å². The van der Waals surface area contributed by atoms with E-state index < -0.39 is 77.9 Å². The van der Waals surface area contributed by atoms with Gasteiger partial charge in [0.05, 0.1) is 18.1 Å². The van der Waals surface area contributed by atoms with Crippen molar-refractivity contribution in [1.82, 2.24) is 25.4 Å². The number of ether oxygens (including phenoxy) is 1. The van der Waals surface area contributed by atoms with Crippen molar-refractivity contribution in [3.63, 3.8) is 0 Å². The number of likely N-dealkylation sites (N-methyl/N-ethyl adjacent to an activating group) is 1. The standard InChI is InChI=1S/C43H61N5O10S/c1-26(2)38-41(55)44-34(25-30-15-12-16-31(50)24-30)42(56)48-23-13-17-33(46-48)43(57)58-36(27(3)14-11-20-37(52)47(6)59-7)19-10-8-9-18-35(51)29(5)39(53)32(40(54)45-38)22-21-28(4)49/h8-12,14-16,18,20,24,26,29,32-36,38-39,46,50-51,53H,13,17,19,21-23,25H2,1-7H3,(H,44,55)(H,45,54)/b10-8+,18-9+,20-11+,27-14+/t29-,32+,33?,34-,35-,36-,38-,39+/m0/s1. The molecule has 0 radical (unpaired) electrons. The topological polar surface area (TPSA) is 215 Å². The number of phenols is 1. The van der Waals surface area contributed by atoms with Crippen LogP contribution in [0.25, 0.3) is 0 Å². The molecule has 0 saturated carbocycles. The Hall–Kier alpha value is -4.77. The van der Waals surface area contributed by atoms with Gasteiger partial charge in [0, 0.05) is 51.1 Å². The number of aromatic hydroxyl groups is 1. The van der Waals surface area contributed by atoms with E-state index in [-0.39, 0.29) is 49.7 Å². The second-order valence-corrected chi connectivity index (χ2v) is 16.3. The number of carbonyl (C=O) groups excluding carboxylic acids is 6. The summed E-state index contributed by atoms with van der Waals surface area (Å²) in [5.74, 6) is -5.60. The van der Waals surface area contributed by atoms with E-state index in [2.05, 4.69) is 16.1 Å². The van der Waals surface area contributed by atoms with E-state index in [0.717, 1.165) is 0 Å². The van der Waals surface area contributed by atoms with E-state index in [1.54, 1.807) is 83.5 Å². The number of aliphatic hydroxyl groups excluding tert-OH is 2. The van der Waals surface area contributed by atoms with Gasteiger partial charge in [-0.15, -0.1) is 0 Å². The fourth-order valence-electron chi connectivity index (χ4n) is 6.63. The first-order valence-electron chi connectivity index (χ1n) is 20.0. The number of aliphatic hydroxyl groups is 2. The van der Waals surface area contributed by atoms with Crippen molar-refractivity contribution in [3.05, 3.63) is 77.9 Å². The predicted molar refractivity (Wildman–Crippen MR) is 225 cm³/mol. The average Bonchev–Trinajstić information content (AvgIpc) is 3.20. The maximum atomic E-state index is 14.3. The maximum absolute atomic E-state index is 14.3. The maximum Gasteiger partial charge on any atom is 0.325 e. The van der Waals surface area contributed by atoms with Crippen molar-refractivity contribution in [1.29, 1.82) is 0 Å². The monoisotopic (exact) mass is 839 g/mol. The Kier molecular flexibility index (Phi) is 19.5. The summed E-state index contributed by atoms with van der Waals surface area (Å²) in [4.78, 5) is 80.4. The van der Waals surface area contributed by atoms with Crippen LogP contribution in [0.2, 0.25) is 0 Å². The number of esters is 1. The molecule has 1 saturated heterocycles. The van der Waals surface area contributed by atoms with Crippen LogP contribution in [0.4, 0.5) is 0 Å². The number of ketones is 1. The van der Waals surface area contributed by atoms with Gasteiger partial charge in [-0.05, 0) is 62.3 Å². The van der Waals surface area contributed by atoms with E-state index in [1.807, 2.05) is 0 Å². The lowest BCUT2D eigenvalue weighted by atomic mass is 9.84. The lowest BCUT2D eigenvalue weighted by Gasteiger charge is -2.36. The van der Waals surface area contributed by atoms with E-state index in [9.17, 15) is 44.1 Å². The van der Waals surface area contributed by atoms with Crippen molar-refractivity contribution in [2.45, 2.75) is 110 Å². The molecule has 1 aromatic rings. The Balaban J connectivity index is 2.08. The molecule has 2 heterocycles. The van der Waals surface area contributed by atoms with Gasteiger partial charge in [-0.1, -0.05) is 81.3 Å². The lowest BCUT2D eigenvalue weighted by Crippen LogP contribution is -2.62. The Labute approximate surface area is 351 Å². The van der Waals surface area contributed by atoms with Gasteiger partial charge in [0.25, 0.3) is 11.8 Å². The molecule has 2 aliphatic heterocycles. The van der Waals surface area contributed by atoms with Gasteiger partial charge < -0.3 is 35.5 Å². The number of fused-ring (bicyclic) bond motifs is 2. The molecule has 2 bridgehead atoms. The van der Waals surface area contributed by atoms with Crippen LogP contribution in [0.15, 0.2) is 72.4 Å². The first-order chi connectivity index (χ1) is 27.9. The second-order valence-electron chi connectivity index (χ2n) is 15.4. The number of carbonyl (C=O) groups is 6. The summed E-state index contributed by atoms with van der Waals surface area (Å²) >= 11 is 1.26. The van der Waals surface area contributed by atoms with Crippen LogP contribution in [0.3, 0.4) is 0 Å². The minimum atomic E-state index is -1.42. The minimum Gasteiger partial charge on any atom is -0.508 e. The van der Waals surface area contributed by atoms with E-state index in [0.29, 0.717) is 24.0 Å². The van der Waals surface area contributed by atoms with Crippen LogP contribution in [-0.2, 0) is 39.9 Å². The molecule has 3 rings (SSSR count). The summed E-state index contributed by atoms with van der Waals surface area (Å²) in [7, 11) is 1.64. The Bertz CT molecular complexity index is 1760. The zero-order valence-electron chi connectivity index (χ0n) is 35.0. The molecule has 4 amide bonds. The number of nitrogens with one attached hydrogen (secondary N) is 3. The van der Waals surface area contributed by atoms with Crippen molar-refractivity contribution < 1.29 is 48.8 Å². The molecular weight excluding hydrogens is 779 g/mol. The van der Waals surface area contributed by atoms with Gasteiger partial charge >= 0.3 is 5.97 Å². The lowest BCUT2D eigenvalue weighted by molar-refractivity contribution is -0.156. The van der Waals surface area contributed by atoms with Gasteiger partial charge in [0.15, 0.2) is 0 Å². The normalized spacial score (nSPS) is 28.2. The number of phenolic OH excluding ortho intramolecular Hbond substituents is 1. The Morgan fingerprint density at radius 3 is 2.47 bits per heavy atom. The van der Waals surface area contributed by atoms with Crippen molar-refractivity contribution in [2.75, 3.05) is 19.8 Å². The zero-order valence-corrected chi connectivity index (χ0v) is 35.8. The third-order valence-corrected chi connectivity index (χ3v) is 11.2. The molecule has 6 N–H and O–H groups in total. The number of hydrogen-bond acceptors (Lipinski definition) is 12. The molecule has 324 valence electrons. The highest BCUT2D eigenvalue weighted by Crippen LogP contribution is 2.24. The molecule has 16 heteroatoms. The molecule has 15 nitrogen and oxygen atoms in total. The molecule has 2 aliphatic rings. The summed E-state index contributed by atoms with van der Waals surface area (Å²) < 4.78 is 7.47. The average molecular weight is 840 g/mol. The number of hydrogen-bond donors (Lipinski definition) is 6. The SMILES string of the molecule is CSN(C)C(=O)/C=C/C=C(\C)[C@@H]1C/C=C/C=C/[C@H](O)[C@H](C)[C@@H](O)[C@@H](CCC(C)=O)C(=O)N[C@@H](C(C)C)C(=O)N[C@@H](Cc2cccc(O)c2)C(=O)N2CCCC(N2)C(=O)O1. The Morgan fingerprint density at radius 1 is 1.08 bits per heavy atom. The highest BCUT2D eigenvalue weighted by molar-refractivity contribution is 7.96. The van der Waals surface area contributed by atoms with E-state index in [4.69, 9.17) is 4.74 Å². The summed E-state index contributed by atoms with van der Waals surface area (Å²) in [6, 6.07) is 2.92. The van der Waals surface area contributed by atoms with Gasteiger partial charge in [-0.25, -0.2) is 5.43 Å². The zero-order chi connectivity index (χ0) is 43.8. The molecule has 1 aromatic carbocycles. The van der Waals surface area contributed by atoms with Crippen LogP contribution in [0.5, 0.6) is 5.75 Å². The fourth-order valence-corrected chi connectivity index (χ4v) is 6.87. The second kappa shape index (κ2) is 23.7.